The fourth-order valence-electron chi connectivity index (χ4n) is 4.78. The molecule has 7 heteroatoms. The summed E-state index contributed by atoms with van der Waals surface area (Å²) in [6.45, 7) is 5.42. The number of fused-ring (bicyclic) bond motifs is 3. The Morgan fingerprint density at radius 1 is 1.17 bits per heavy atom. The molecule has 2 aliphatic heterocycles. The van der Waals surface area contributed by atoms with Crippen LogP contribution in [-0.4, -0.2) is 42.4 Å². The molecule has 158 valence electrons. The highest BCUT2D eigenvalue weighted by molar-refractivity contribution is 7.98. The van der Waals surface area contributed by atoms with E-state index in [2.05, 4.69) is 34.5 Å². The number of aryl methyl sites for hydroxylation is 1. The van der Waals surface area contributed by atoms with Crippen LogP contribution in [-0.2, 0) is 18.4 Å². The molecular weight excluding hydrogens is 394 g/mol. The zero-order valence-electron chi connectivity index (χ0n) is 17.8. The molecule has 1 spiro atoms. The SMILES string of the molecule is CC#N.CSc1nc2c(c(N3CCNCC3)n1)CCC1(CCCc3ccccc31)O2. The van der Waals surface area contributed by atoms with Crippen molar-refractivity contribution in [3.05, 3.63) is 41.0 Å². The van der Waals surface area contributed by atoms with Crippen LogP contribution in [0, 0.1) is 11.3 Å². The van der Waals surface area contributed by atoms with Crippen molar-refractivity contribution in [1.29, 1.82) is 5.26 Å². The number of nitriles is 1. The van der Waals surface area contributed by atoms with Gasteiger partial charge in [-0.15, -0.1) is 0 Å². The fourth-order valence-corrected chi connectivity index (χ4v) is 5.13. The van der Waals surface area contributed by atoms with Gasteiger partial charge in [0, 0.05) is 33.1 Å². The van der Waals surface area contributed by atoms with Gasteiger partial charge in [0.2, 0.25) is 5.88 Å². The van der Waals surface area contributed by atoms with Crippen molar-refractivity contribution in [2.75, 3.05) is 37.3 Å². The summed E-state index contributed by atoms with van der Waals surface area (Å²) in [5, 5.41) is 11.6. The minimum atomic E-state index is -0.216. The summed E-state index contributed by atoms with van der Waals surface area (Å²) in [6.07, 6.45) is 7.44. The van der Waals surface area contributed by atoms with Crippen LogP contribution in [0.1, 0.15) is 42.9 Å². The summed E-state index contributed by atoms with van der Waals surface area (Å²) < 4.78 is 6.75. The van der Waals surface area contributed by atoms with Crippen molar-refractivity contribution < 1.29 is 4.74 Å². The highest BCUT2D eigenvalue weighted by atomic mass is 32.2. The molecule has 1 unspecified atom stereocenters. The first-order chi connectivity index (χ1) is 14.7. The van der Waals surface area contributed by atoms with Crippen LogP contribution >= 0.6 is 11.8 Å². The summed E-state index contributed by atoms with van der Waals surface area (Å²) >= 11 is 1.60. The van der Waals surface area contributed by atoms with Gasteiger partial charge in [0.15, 0.2) is 5.16 Å². The summed E-state index contributed by atoms with van der Waals surface area (Å²) in [5.74, 6) is 1.90. The number of ether oxygens (including phenoxy) is 1. The third-order valence-electron chi connectivity index (χ3n) is 6.13. The van der Waals surface area contributed by atoms with Crippen LogP contribution in [0.15, 0.2) is 29.4 Å². The number of nitrogens with one attached hydrogen (secondary N) is 1. The Balaban J connectivity index is 0.000000687. The molecule has 3 heterocycles. The number of benzene rings is 1. The standard InChI is InChI=1S/C21H26N4OS.C2H3N/c1-27-20-23-18(25-13-11-22-12-14-25)16-8-10-21(26-19(16)24-20)9-4-6-15-5-2-3-7-17(15)21;1-2-3/h2-3,5,7,22H,4,6,8-14H2,1H3;1H3. The third-order valence-corrected chi connectivity index (χ3v) is 6.68. The van der Waals surface area contributed by atoms with Crippen LogP contribution in [0.3, 0.4) is 0 Å². The monoisotopic (exact) mass is 423 g/mol. The van der Waals surface area contributed by atoms with Crippen molar-refractivity contribution in [3.63, 3.8) is 0 Å². The van der Waals surface area contributed by atoms with Crippen LogP contribution in [0.5, 0.6) is 5.88 Å². The topological polar surface area (TPSA) is 74.1 Å². The van der Waals surface area contributed by atoms with Crippen LogP contribution in [0.2, 0.25) is 0 Å². The first kappa shape index (κ1) is 21.0. The molecule has 3 aliphatic rings. The lowest BCUT2D eigenvalue weighted by Crippen LogP contribution is -2.45. The van der Waals surface area contributed by atoms with E-state index in [-0.39, 0.29) is 5.60 Å². The molecule has 1 aromatic heterocycles. The maximum Gasteiger partial charge on any atom is 0.223 e. The summed E-state index contributed by atoms with van der Waals surface area (Å²) in [7, 11) is 0. The molecular formula is C23H29N5OS. The van der Waals surface area contributed by atoms with Crippen molar-refractivity contribution in [2.45, 2.75) is 49.8 Å². The minimum Gasteiger partial charge on any atom is -0.466 e. The zero-order chi connectivity index (χ0) is 21.0. The Hall–Kier alpha value is -2.30. The van der Waals surface area contributed by atoms with Gasteiger partial charge in [0.25, 0.3) is 0 Å². The quantitative estimate of drug-likeness (QED) is 0.583. The number of aromatic nitrogens is 2. The van der Waals surface area contributed by atoms with E-state index >= 15 is 0 Å². The number of rotatable bonds is 2. The Morgan fingerprint density at radius 3 is 2.70 bits per heavy atom. The Bertz CT molecular complexity index is 938. The van der Waals surface area contributed by atoms with E-state index in [0.717, 1.165) is 68.7 Å². The number of hydrogen-bond donors (Lipinski definition) is 1. The van der Waals surface area contributed by atoms with Crippen molar-refractivity contribution >= 4 is 17.6 Å². The largest absolute Gasteiger partial charge is 0.466 e. The van der Waals surface area contributed by atoms with Crippen LogP contribution in [0.4, 0.5) is 5.82 Å². The van der Waals surface area contributed by atoms with Gasteiger partial charge < -0.3 is 15.0 Å². The summed E-state index contributed by atoms with van der Waals surface area (Å²) in [5.41, 5.74) is 3.79. The number of thioether (sulfide) groups is 1. The van der Waals surface area contributed by atoms with Gasteiger partial charge in [-0.2, -0.15) is 10.2 Å². The van der Waals surface area contributed by atoms with E-state index in [1.54, 1.807) is 17.8 Å². The van der Waals surface area contributed by atoms with Gasteiger partial charge in [-0.05, 0) is 49.5 Å². The first-order valence-electron chi connectivity index (χ1n) is 10.7. The highest BCUT2D eigenvalue weighted by Crippen LogP contribution is 2.47. The van der Waals surface area contributed by atoms with Crippen LogP contribution < -0.4 is 15.0 Å². The van der Waals surface area contributed by atoms with Crippen molar-refractivity contribution in [2.24, 2.45) is 0 Å². The van der Waals surface area contributed by atoms with E-state index in [1.807, 2.05) is 6.26 Å². The number of hydrogen-bond acceptors (Lipinski definition) is 7. The molecule has 2 aromatic rings. The molecule has 0 bridgehead atoms. The molecule has 0 radical (unpaired) electrons. The minimum absolute atomic E-state index is 0.216. The Labute approximate surface area is 183 Å². The zero-order valence-corrected chi connectivity index (χ0v) is 18.6. The van der Waals surface area contributed by atoms with Gasteiger partial charge in [-0.3, -0.25) is 0 Å². The maximum atomic E-state index is 7.32. The van der Waals surface area contributed by atoms with Gasteiger partial charge in [0.1, 0.15) is 11.4 Å². The smallest absolute Gasteiger partial charge is 0.223 e. The molecule has 1 fully saturated rings. The Morgan fingerprint density at radius 2 is 1.93 bits per heavy atom. The Kier molecular flexibility index (Phi) is 6.45. The lowest BCUT2D eigenvalue weighted by Gasteiger charge is -2.43. The first-order valence-corrected chi connectivity index (χ1v) is 11.9. The molecule has 1 N–H and O–H groups in total. The average molecular weight is 424 g/mol. The normalized spacial score (nSPS) is 22.1. The lowest BCUT2D eigenvalue weighted by molar-refractivity contribution is 0.0192. The van der Waals surface area contributed by atoms with Crippen LogP contribution in [0.25, 0.3) is 0 Å². The predicted octanol–water partition coefficient (Wildman–Crippen LogP) is 3.69. The van der Waals surface area contributed by atoms with E-state index in [0.29, 0.717) is 0 Å². The molecule has 6 nitrogen and oxygen atoms in total. The number of anilines is 1. The van der Waals surface area contributed by atoms with Gasteiger partial charge in [0.05, 0.1) is 11.6 Å². The van der Waals surface area contributed by atoms with E-state index in [4.69, 9.17) is 20.0 Å². The lowest BCUT2D eigenvalue weighted by atomic mass is 9.75. The van der Waals surface area contributed by atoms with E-state index in [1.165, 1.54) is 30.0 Å². The second-order valence-electron chi connectivity index (χ2n) is 7.89. The molecule has 0 amide bonds. The molecule has 1 atom stereocenters. The number of piperazine rings is 1. The summed E-state index contributed by atoms with van der Waals surface area (Å²) in [6, 6.07) is 10.6. The fraction of sp³-hybridized carbons (Fsp3) is 0.522. The maximum absolute atomic E-state index is 7.32. The van der Waals surface area contributed by atoms with Gasteiger partial charge >= 0.3 is 0 Å². The molecule has 1 aliphatic carbocycles. The third kappa shape index (κ3) is 3.99. The molecule has 0 saturated carbocycles. The van der Waals surface area contributed by atoms with E-state index < -0.39 is 0 Å². The van der Waals surface area contributed by atoms with Crippen molar-refractivity contribution in [3.8, 4) is 11.9 Å². The van der Waals surface area contributed by atoms with Gasteiger partial charge in [-0.25, -0.2) is 4.98 Å². The molecule has 1 aromatic carbocycles. The second-order valence-corrected chi connectivity index (χ2v) is 8.66. The average Bonchev–Trinajstić information content (AvgIpc) is 2.79. The molecule has 5 rings (SSSR count). The van der Waals surface area contributed by atoms with Gasteiger partial charge in [-0.1, -0.05) is 36.0 Å². The van der Waals surface area contributed by atoms with E-state index in [9.17, 15) is 0 Å². The second kappa shape index (κ2) is 9.23. The molecule has 30 heavy (non-hydrogen) atoms. The summed E-state index contributed by atoms with van der Waals surface area (Å²) in [4.78, 5) is 12.1. The van der Waals surface area contributed by atoms with Crippen molar-refractivity contribution in [1.82, 2.24) is 15.3 Å². The predicted molar refractivity (Wildman–Crippen MR) is 120 cm³/mol. The highest BCUT2D eigenvalue weighted by Gasteiger charge is 2.43. The number of nitrogens with zero attached hydrogens (tertiary/aromatic N) is 4. The molecule has 1 saturated heterocycles.